The van der Waals surface area contributed by atoms with Crippen molar-refractivity contribution in [3.8, 4) is 0 Å². The minimum atomic E-state index is -0.460. The minimum absolute atomic E-state index is 0.221. The molecule has 1 amide bonds. The first-order chi connectivity index (χ1) is 9.74. The standard InChI is InChI=1S/C14H24N4O3/c1-10-8-18(13(19)21-14(3,4)5)7-6-17(10)9-12-16-15-11(2)20-12/h10H,6-9H2,1-5H3/t10-/m0/s1. The third-order valence-corrected chi connectivity index (χ3v) is 3.32. The summed E-state index contributed by atoms with van der Waals surface area (Å²) in [5.74, 6) is 1.19. The zero-order valence-electron chi connectivity index (χ0n) is 13.4. The Morgan fingerprint density at radius 2 is 2.10 bits per heavy atom. The van der Waals surface area contributed by atoms with Gasteiger partial charge in [0.15, 0.2) is 0 Å². The summed E-state index contributed by atoms with van der Waals surface area (Å²) in [5.41, 5.74) is -0.460. The summed E-state index contributed by atoms with van der Waals surface area (Å²) in [5, 5.41) is 7.85. The molecule has 21 heavy (non-hydrogen) atoms. The minimum Gasteiger partial charge on any atom is -0.444 e. The van der Waals surface area contributed by atoms with Crippen molar-refractivity contribution < 1.29 is 13.9 Å². The first-order valence-corrected chi connectivity index (χ1v) is 7.25. The van der Waals surface area contributed by atoms with Gasteiger partial charge in [0.25, 0.3) is 0 Å². The van der Waals surface area contributed by atoms with E-state index in [1.54, 1.807) is 11.8 Å². The van der Waals surface area contributed by atoms with Crippen LogP contribution >= 0.6 is 0 Å². The van der Waals surface area contributed by atoms with Crippen molar-refractivity contribution in [1.82, 2.24) is 20.0 Å². The Bertz CT molecular complexity index is 495. The lowest BCUT2D eigenvalue weighted by atomic mass is 10.2. The van der Waals surface area contributed by atoms with Gasteiger partial charge in [-0.2, -0.15) is 0 Å². The molecule has 7 nitrogen and oxygen atoms in total. The second-order valence-corrected chi connectivity index (χ2v) is 6.46. The van der Waals surface area contributed by atoms with Crippen LogP contribution < -0.4 is 0 Å². The van der Waals surface area contributed by atoms with E-state index < -0.39 is 5.60 Å². The summed E-state index contributed by atoms with van der Waals surface area (Å²) in [6, 6.07) is 0.221. The van der Waals surface area contributed by atoms with Crippen molar-refractivity contribution in [2.45, 2.75) is 52.8 Å². The van der Waals surface area contributed by atoms with Crippen LogP contribution in [0.25, 0.3) is 0 Å². The molecule has 0 radical (unpaired) electrons. The Hall–Kier alpha value is -1.63. The van der Waals surface area contributed by atoms with Crippen molar-refractivity contribution >= 4 is 6.09 Å². The number of carbonyl (C=O) groups excluding carboxylic acids is 1. The molecule has 0 saturated carbocycles. The van der Waals surface area contributed by atoms with E-state index in [2.05, 4.69) is 22.0 Å². The quantitative estimate of drug-likeness (QED) is 0.829. The maximum absolute atomic E-state index is 12.1. The number of aromatic nitrogens is 2. The number of carbonyl (C=O) groups is 1. The fourth-order valence-corrected chi connectivity index (χ4v) is 2.30. The van der Waals surface area contributed by atoms with E-state index in [0.29, 0.717) is 31.4 Å². The molecule has 0 unspecified atom stereocenters. The average molecular weight is 296 g/mol. The van der Waals surface area contributed by atoms with Crippen LogP contribution in [0.1, 0.15) is 39.5 Å². The van der Waals surface area contributed by atoms with Gasteiger partial charge in [-0.05, 0) is 27.7 Å². The van der Waals surface area contributed by atoms with Crippen LogP contribution in [0.4, 0.5) is 4.79 Å². The zero-order valence-corrected chi connectivity index (χ0v) is 13.4. The third-order valence-electron chi connectivity index (χ3n) is 3.32. The van der Waals surface area contributed by atoms with E-state index in [4.69, 9.17) is 9.15 Å². The second-order valence-electron chi connectivity index (χ2n) is 6.46. The van der Waals surface area contributed by atoms with Gasteiger partial charge in [-0.25, -0.2) is 4.79 Å². The van der Waals surface area contributed by atoms with Crippen LogP contribution in [-0.2, 0) is 11.3 Å². The molecule has 2 rings (SSSR count). The molecule has 118 valence electrons. The zero-order chi connectivity index (χ0) is 15.6. The van der Waals surface area contributed by atoms with Gasteiger partial charge in [0.2, 0.25) is 11.8 Å². The predicted molar refractivity (Wildman–Crippen MR) is 76.7 cm³/mol. The lowest BCUT2D eigenvalue weighted by molar-refractivity contribution is 0.00349. The first kappa shape index (κ1) is 15.8. The van der Waals surface area contributed by atoms with Gasteiger partial charge in [0, 0.05) is 32.6 Å². The Morgan fingerprint density at radius 1 is 1.38 bits per heavy atom. The van der Waals surface area contributed by atoms with Crippen LogP contribution in [-0.4, -0.2) is 57.4 Å². The smallest absolute Gasteiger partial charge is 0.410 e. The van der Waals surface area contributed by atoms with Crippen molar-refractivity contribution in [2.75, 3.05) is 19.6 Å². The SMILES string of the molecule is Cc1nnc(CN2CCN(C(=O)OC(C)(C)C)C[C@@H]2C)o1. The Labute approximate surface area is 125 Å². The maximum Gasteiger partial charge on any atom is 0.410 e. The molecule has 0 spiro atoms. The molecule has 1 aromatic heterocycles. The largest absolute Gasteiger partial charge is 0.444 e. The molecular formula is C14H24N4O3. The van der Waals surface area contributed by atoms with Gasteiger partial charge in [-0.15, -0.1) is 10.2 Å². The highest BCUT2D eigenvalue weighted by Gasteiger charge is 2.30. The first-order valence-electron chi connectivity index (χ1n) is 7.25. The van der Waals surface area contributed by atoms with Crippen LogP contribution in [0.2, 0.25) is 0 Å². The summed E-state index contributed by atoms with van der Waals surface area (Å²) >= 11 is 0. The molecule has 0 N–H and O–H groups in total. The van der Waals surface area contributed by atoms with Gasteiger partial charge in [0.05, 0.1) is 6.54 Å². The van der Waals surface area contributed by atoms with E-state index in [1.807, 2.05) is 20.8 Å². The fourth-order valence-electron chi connectivity index (χ4n) is 2.30. The van der Waals surface area contributed by atoms with Crippen LogP contribution in [0.5, 0.6) is 0 Å². The van der Waals surface area contributed by atoms with Crippen molar-refractivity contribution in [3.05, 3.63) is 11.8 Å². The number of ether oxygens (including phenoxy) is 1. The molecule has 1 atom stereocenters. The highest BCUT2D eigenvalue weighted by Crippen LogP contribution is 2.16. The van der Waals surface area contributed by atoms with E-state index in [9.17, 15) is 4.79 Å². The molecule has 1 aliphatic heterocycles. The topological polar surface area (TPSA) is 71.7 Å². The van der Waals surface area contributed by atoms with Crippen molar-refractivity contribution in [1.29, 1.82) is 0 Å². The van der Waals surface area contributed by atoms with Gasteiger partial charge in [-0.3, -0.25) is 4.90 Å². The number of rotatable bonds is 2. The average Bonchev–Trinajstić information content (AvgIpc) is 2.75. The van der Waals surface area contributed by atoms with Crippen LogP contribution in [0, 0.1) is 6.92 Å². The van der Waals surface area contributed by atoms with Crippen molar-refractivity contribution in [2.24, 2.45) is 0 Å². The highest BCUT2D eigenvalue weighted by molar-refractivity contribution is 5.68. The van der Waals surface area contributed by atoms with Crippen LogP contribution in [0.3, 0.4) is 0 Å². The van der Waals surface area contributed by atoms with Gasteiger partial charge in [-0.1, -0.05) is 0 Å². The van der Waals surface area contributed by atoms with Gasteiger partial charge >= 0.3 is 6.09 Å². The Morgan fingerprint density at radius 3 is 2.62 bits per heavy atom. The highest BCUT2D eigenvalue weighted by atomic mass is 16.6. The number of hydrogen-bond donors (Lipinski definition) is 0. The van der Waals surface area contributed by atoms with Gasteiger partial charge in [0.1, 0.15) is 5.60 Å². The monoisotopic (exact) mass is 296 g/mol. The van der Waals surface area contributed by atoms with E-state index in [-0.39, 0.29) is 12.1 Å². The lowest BCUT2D eigenvalue weighted by Crippen LogP contribution is -2.54. The summed E-state index contributed by atoms with van der Waals surface area (Å²) < 4.78 is 10.8. The number of piperazine rings is 1. The molecule has 0 aromatic carbocycles. The summed E-state index contributed by atoms with van der Waals surface area (Å²) in [6.07, 6.45) is -0.248. The number of aryl methyl sites for hydroxylation is 1. The van der Waals surface area contributed by atoms with Crippen molar-refractivity contribution in [3.63, 3.8) is 0 Å². The molecule has 0 bridgehead atoms. The summed E-state index contributed by atoms with van der Waals surface area (Å²) in [7, 11) is 0. The molecule has 7 heteroatoms. The summed E-state index contributed by atoms with van der Waals surface area (Å²) in [6.45, 7) is 12.2. The molecule has 2 heterocycles. The maximum atomic E-state index is 12.1. The van der Waals surface area contributed by atoms with E-state index in [1.165, 1.54) is 0 Å². The molecule has 1 fully saturated rings. The molecule has 1 aromatic rings. The number of nitrogens with zero attached hydrogens (tertiary/aromatic N) is 4. The molecule has 0 aliphatic carbocycles. The third kappa shape index (κ3) is 4.42. The summed E-state index contributed by atoms with van der Waals surface area (Å²) in [4.78, 5) is 16.1. The molecule has 1 aliphatic rings. The normalized spacial score (nSPS) is 20.6. The lowest BCUT2D eigenvalue weighted by Gasteiger charge is -2.39. The Kier molecular flexibility index (Phi) is 4.51. The van der Waals surface area contributed by atoms with E-state index in [0.717, 1.165) is 6.54 Å². The molecular weight excluding hydrogens is 272 g/mol. The molecule has 1 saturated heterocycles. The van der Waals surface area contributed by atoms with Crippen LogP contribution in [0.15, 0.2) is 4.42 Å². The predicted octanol–water partition coefficient (Wildman–Crippen LogP) is 1.82. The second kappa shape index (κ2) is 6.01. The fraction of sp³-hybridized carbons (Fsp3) is 0.786. The van der Waals surface area contributed by atoms with Gasteiger partial charge < -0.3 is 14.1 Å². The van der Waals surface area contributed by atoms with E-state index >= 15 is 0 Å². The Balaban J connectivity index is 1.88. The number of amides is 1. The number of hydrogen-bond acceptors (Lipinski definition) is 6.